The van der Waals surface area contributed by atoms with Crippen molar-refractivity contribution in [2.45, 2.75) is 25.6 Å². The number of aliphatic hydroxyl groups is 1. The first-order chi connectivity index (χ1) is 15.6. The molecule has 0 aliphatic carbocycles. The van der Waals surface area contributed by atoms with E-state index in [1.165, 1.54) is 11.2 Å². The average molecular weight is 476 g/mol. The fourth-order valence-corrected chi connectivity index (χ4v) is 4.94. The lowest BCUT2D eigenvalue weighted by Crippen LogP contribution is -2.41. The van der Waals surface area contributed by atoms with E-state index in [4.69, 9.17) is 9.47 Å². The number of sulfonamides is 1. The van der Waals surface area contributed by atoms with Crippen LogP contribution in [-0.4, -0.2) is 47.8 Å². The molecule has 0 aliphatic heterocycles. The Kier molecular flexibility index (Phi) is 7.62. The molecule has 176 valence electrons. The van der Waals surface area contributed by atoms with Gasteiger partial charge in [-0.15, -0.1) is 0 Å². The highest BCUT2D eigenvalue weighted by Crippen LogP contribution is 2.24. The number of benzene rings is 2. The lowest BCUT2D eigenvalue weighted by atomic mass is 10.1. The van der Waals surface area contributed by atoms with Crippen molar-refractivity contribution in [2.24, 2.45) is 0 Å². The summed E-state index contributed by atoms with van der Waals surface area (Å²) in [6.07, 6.45) is 1.77. The van der Waals surface area contributed by atoms with Crippen molar-refractivity contribution in [3.63, 3.8) is 0 Å². The van der Waals surface area contributed by atoms with E-state index >= 15 is 0 Å². The van der Waals surface area contributed by atoms with Crippen molar-refractivity contribution in [3.05, 3.63) is 83.7 Å². The Bertz CT molecular complexity index is 1100. The zero-order chi connectivity index (χ0) is 24.1. The van der Waals surface area contributed by atoms with Crippen LogP contribution >= 0.6 is 0 Å². The lowest BCUT2D eigenvalue weighted by molar-refractivity contribution is 0.0703. The molecule has 1 atom stereocenters. The smallest absolute Gasteiger partial charge is 0.218 e. The molecule has 10 heteroatoms. The Morgan fingerprint density at radius 1 is 0.909 bits per heavy atom. The maximum atomic E-state index is 13.4. The molecule has 0 aliphatic rings. The van der Waals surface area contributed by atoms with Gasteiger partial charge in [0.05, 0.1) is 26.6 Å². The highest BCUT2D eigenvalue weighted by atomic mass is 32.2. The first kappa shape index (κ1) is 24.6. The van der Waals surface area contributed by atoms with Gasteiger partial charge in [-0.1, -0.05) is 24.3 Å². The maximum absolute atomic E-state index is 13.4. The predicted octanol–water partition coefficient (Wildman–Crippen LogP) is 2.87. The van der Waals surface area contributed by atoms with Gasteiger partial charge in [-0.25, -0.2) is 22.8 Å². The van der Waals surface area contributed by atoms with Crippen LogP contribution < -0.4 is 9.47 Å². The fourth-order valence-electron chi connectivity index (χ4n) is 3.22. The predicted molar refractivity (Wildman–Crippen MR) is 121 cm³/mol. The first-order valence-corrected chi connectivity index (χ1v) is 11.7. The Labute approximate surface area is 192 Å². The van der Waals surface area contributed by atoms with Gasteiger partial charge in [-0.3, -0.25) is 0 Å². The summed E-state index contributed by atoms with van der Waals surface area (Å²) in [7, 11) is -0.918. The molecule has 0 fully saturated rings. The van der Waals surface area contributed by atoms with E-state index in [0.29, 0.717) is 11.5 Å². The summed E-state index contributed by atoms with van der Waals surface area (Å²) in [6, 6.07) is 14.1. The highest BCUT2D eigenvalue weighted by molar-refractivity contribution is 7.89. The number of nitrogens with zero attached hydrogens (tertiary/aromatic N) is 3. The third-order valence-corrected chi connectivity index (χ3v) is 6.97. The summed E-state index contributed by atoms with van der Waals surface area (Å²) in [5.41, 5.74) is -0.443. The minimum Gasteiger partial charge on any atom is -0.497 e. The summed E-state index contributed by atoms with van der Waals surface area (Å²) in [6.45, 7) is 1.42. The molecular weight excluding hydrogens is 449 g/mol. The van der Waals surface area contributed by atoms with Crippen molar-refractivity contribution in [2.75, 3.05) is 20.0 Å². The number of rotatable bonds is 10. The normalized spacial score (nSPS) is 13.5. The van der Waals surface area contributed by atoms with Crippen LogP contribution in [0, 0.1) is 5.82 Å². The van der Waals surface area contributed by atoms with E-state index in [1.807, 2.05) is 0 Å². The molecule has 0 saturated carbocycles. The zero-order valence-corrected chi connectivity index (χ0v) is 19.4. The van der Waals surface area contributed by atoms with E-state index in [9.17, 15) is 17.9 Å². The van der Waals surface area contributed by atoms with Crippen LogP contribution in [0.5, 0.6) is 11.5 Å². The number of aromatic nitrogens is 2. The van der Waals surface area contributed by atoms with Crippen molar-refractivity contribution in [1.82, 2.24) is 14.3 Å². The quantitative estimate of drug-likeness (QED) is 0.481. The number of halogens is 1. The van der Waals surface area contributed by atoms with Gasteiger partial charge in [0.1, 0.15) is 22.9 Å². The molecule has 0 amide bonds. The molecule has 2 aromatic carbocycles. The number of hydrogen-bond acceptors (Lipinski definition) is 7. The van der Waals surface area contributed by atoms with Gasteiger partial charge in [0, 0.05) is 13.1 Å². The Morgan fingerprint density at radius 2 is 1.33 bits per heavy atom. The molecule has 3 aromatic rings. The van der Waals surface area contributed by atoms with Crippen molar-refractivity contribution in [1.29, 1.82) is 0 Å². The summed E-state index contributed by atoms with van der Waals surface area (Å²) in [5, 5.41) is 10.8. The second kappa shape index (κ2) is 10.2. The number of hydrogen-bond donors (Lipinski definition) is 1. The van der Waals surface area contributed by atoms with E-state index in [-0.39, 0.29) is 18.9 Å². The van der Waals surface area contributed by atoms with Crippen molar-refractivity contribution < 1.29 is 27.4 Å². The number of methoxy groups -OCH3 is 2. The molecule has 0 spiro atoms. The maximum Gasteiger partial charge on any atom is 0.218 e. The molecule has 0 radical (unpaired) electrons. The second-order valence-corrected chi connectivity index (χ2v) is 9.69. The van der Waals surface area contributed by atoms with Gasteiger partial charge in [-0.2, -0.15) is 4.31 Å². The first-order valence-electron chi connectivity index (χ1n) is 10.1. The standard InChI is InChI=1S/C23H26FN3O5S/c1-23(28,22-25-12-19(24)13-26-22)16-33(29,30)27(14-17-4-8-20(31-2)9-5-17)15-18-6-10-21(32-3)11-7-18/h4-13,28H,14-16H2,1-3H3. The van der Waals surface area contributed by atoms with Gasteiger partial charge >= 0.3 is 0 Å². The molecule has 3 rings (SSSR count). The minimum absolute atomic E-state index is 0.0682. The summed E-state index contributed by atoms with van der Waals surface area (Å²) >= 11 is 0. The van der Waals surface area contributed by atoms with Gasteiger partial charge in [0.2, 0.25) is 10.0 Å². The van der Waals surface area contributed by atoms with E-state index < -0.39 is 27.2 Å². The molecule has 1 aromatic heterocycles. The van der Waals surface area contributed by atoms with E-state index in [1.54, 1.807) is 62.8 Å². The van der Waals surface area contributed by atoms with Crippen molar-refractivity contribution in [3.8, 4) is 11.5 Å². The zero-order valence-electron chi connectivity index (χ0n) is 18.6. The van der Waals surface area contributed by atoms with E-state index in [2.05, 4.69) is 9.97 Å². The highest BCUT2D eigenvalue weighted by Gasteiger charge is 2.36. The van der Waals surface area contributed by atoms with Crippen LogP contribution in [0.25, 0.3) is 0 Å². The molecule has 0 saturated heterocycles. The van der Waals surface area contributed by atoms with E-state index in [0.717, 1.165) is 23.5 Å². The van der Waals surface area contributed by atoms with Gasteiger partial charge < -0.3 is 14.6 Å². The van der Waals surface area contributed by atoms with Gasteiger partial charge in [0.25, 0.3) is 0 Å². The van der Waals surface area contributed by atoms with Crippen LogP contribution in [0.2, 0.25) is 0 Å². The van der Waals surface area contributed by atoms with Crippen LogP contribution in [-0.2, 0) is 28.7 Å². The van der Waals surface area contributed by atoms with Gasteiger partial charge in [-0.05, 0) is 42.3 Å². The molecule has 1 heterocycles. The molecule has 1 unspecified atom stereocenters. The molecule has 1 N–H and O–H groups in total. The average Bonchev–Trinajstić information content (AvgIpc) is 2.79. The van der Waals surface area contributed by atoms with Crippen LogP contribution in [0.1, 0.15) is 23.9 Å². The summed E-state index contributed by atoms with van der Waals surface area (Å²) in [4.78, 5) is 7.51. The van der Waals surface area contributed by atoms with Crippen LogP contribution in [0.15, 0.2) is 60.9 Å². The SMILES string of the molecule is COc1ccc(CN(Cc2ccc(OC)cc2)S(=O)(=O)CC(C)(O)c2ncc(F)cn2)cc1. The molecule has 0 bridgehead atoms. The second-order valence-electron chi connectivity index (χ2n) is 7.72. The monoisotopic (exact) mass is 475 g/mol. The lowest BCUT2D eigenvalue weighted by Gasteiger charge is -2.28. The van der Waals surface area contributed by atoms with Gasteiger partial charge in [0.15, 0.2) is 11.6 Å². The Balaban J connectivity index is 1.89. The fraction of sp³-hybridized carbons (Fsp3) is 0.304. The minimum atomic E-state index is -4.02. The third kappa shape index (κ3) is 6.47. The van der Waals surface area contributed by atoms with Crippen LogP contribution in [0.4, 0.5) is 4.39 Å². The van der Waals surface area contributed by atoms with Crippen molar-refractivity contribution >= 4 is 10.0 Å². The number of ether oxygens (including phenoxy) is 2. The topological polar surface area (TPSA) is 102 Å². The molecular formula is C23H26FN3O5S. The summed E-state index contributed by atoms with van der Waals surface area (Å²) in [5.74, 6) is -0.239. The Morgan fingerprint density at radius 3 is 1.73 bits per heavy atom. The molecule has 8 nitrogen and oxygen atoms in total. The van der Waals surface area contributed by atoms with Crippen LogP contribution in [0.3, 0.4) is 0 Å². The Hall–Kier alpha value is -3.08. The molecule has 33 heavy (non-hydrogen) atoms. The third-order valence-electron chi connectivity index (χ3n) is 4.99. The largest absolute Gasteiger partial charge is 0.497 e. The summed E-state index contributed by atoms with van der Waals surface area (Å²) < 4.78 is 51.6.